The van der Waals surface area contributed by atoms with E-state index >= 15 is 0 Å². The number of benzene rings is 3. The molecule has 0 spiro atoms. The molecular weight excluding hydrogens is 392 g/mol. The number of rotatable bonds is 7. The third-order valence-corrected chi connectivity index (χ3v) is 6.89. The monoisotopic (exact) mass is 420 g/mol. The molecule has 5 heteroatoms. The fraction of sp³-hybridized carbons (Fsp3) is 0.280. The van der Waals surface area contributed by atoms with Crippen LogP contribution in [0.1, 0.15) is 18.4 Å². The summed E-state index contributed by atoms with van der Waals surface area (Å²) in [6.45, 7) is 3.29. The minimum Gasteiger partial charge on any atom is -0.299 e. The summed E-state index contributed by atoms with van der Waals surface area (Å²) in [5.74, 6) is 0. The van der Waals surface area contributed by atoms with Crippen molar-refractivity contribution in [1.82, 2.24) is 4.90 Å². The zero-order chi connectivity index (χ0) is 21.0. The summed E-state index contributed by atoms with van der Waals surface area (Å²) >= 11 is 0. The average Bonchev–Trinajstić information content (AvgIpc) is 2.77. The predicted molar refractivity (Wildman–Crippen MR) is 126 cm³/mol. The first-order valence-electron chi connectivity index (χ1n) is 10.4. The standard InChI is InChI=1S/C25H28N2O2S/c1-30(28,29)27(25-14-7-12-23-11-5-6-13-24(23)25)18-8-17-26-19-15-22(16-20-26)21-9-3-2-4-10-21/h2-7,9-15H,8,16-20H2,1H3. The number of hydrogen-bond acceptors (Lipinski definition) is 3. The van der Waals surface area contributed by atoms with Crippen LogP contribution < -0.4 is 4.31 Å². The molecule has 0 amide bonds. The molecule has 0 aromatic heterocycles. The van der Waals surface area contributed by atoms with Crippen molar-refractivity contribution in [2.24, 2.45) is 0 Å². The third kappa shape index (κ3) is 4.74. The lowest BCUT2D eigenvalue weighted by Crippen LogP contribution is -2.35. The van der Waals surface area contributed by atoms with Gasteiger partial charge in [-0.3, -0.25) is 9.21 Å². The number of anilines is 1. The lowest BCUT2D eigenvalue weighted by Gasteiger charge is -2.28. The van der Waals surface area contributed by atoms with Gasteiger partial charge in [0.15, 0.2) is 0 Å². The molecule has 0 atom stereocenters. The SMILES string of the molecule is CS(=O)(=O)N(CCCN1CC=C(c2ccccc2)CC1)c1cccc2ccccc12. The van der Waals surface area contributed by atoms with Crippen molar-refractivity contribution in [1.29, 1.82) is 0 Å². The summed E-state index contributed by atoms with van der Waals surface area (Å²) in [7, 11) is -3.35. The van der Waals surface area contributed by atoms with Crippen LogP contribution in [0, 0.1) is 0 Å². The normalized spacial score (nSPS) is 15.2. The van der Waals surface area contributed by atoms with Crippen LogP contribution in [0.5, 0.6) is 0 Å². The first kappa shape index (κ1) is 20.6. The molecule has 0 saturated carbocycles. The van der Waals surface area contributed by atoms with Gasteiger partial charge in [-0.05, 0) is 35.4 Å². The van der Waals surface area contributed by atoms with E-state index in [1.807, 2.05) is 48.5 Å². The Labute approximate surface area is 179 Å². The first-order chi connectivity index (χ1) is 14.5. The van der Waals surface area contributed by atoms with Crippen molar-refractivity contribution < 1.29 is 8.42 Å². The highest BCUT2D eigenvalue weighted by Crippen LogP contribution is 2.29. The summed E-state index contributed by atoms with van der Waals surface area (Å²) in [6, 6.07) is 24.3. The van der Waals surface area contributed by atoms with Gasteiger partial charge in [0.2, 0.25) is 10.0 Å². The number of sulfonamides is 1. The maximum atomic E-state index is 12.6. The highest BCUT2D eigenvalue weighted by Gasteiger charge is 2.20. The molecule has 0 bridgehead atoms. The first-order valence-corrected chi connectivity index (χ1v) is 12.3. The topological polar surface area (TPSA) is 40.6 Å². The Morgan fingerprint density at radius 1 is 0.933 bits per heavy atom. The Hall–Kier alpha value is -2.63. The van der Waals surface area contributed by atoms with Crippen molar-refractivity contribution in [3.63, 3.8) is 0 Å². The van der Waals surface area contributed by atoms with Gasteiger partial charge in [-0.25, -0.2) is 8.42 Å². The van der Waals surface area contributed by atoms with E-state index in [4.69, 9.17) is 0 Å². The molecule has 3 aromatic rings. The van der Waals surface area contributed by atoms with Crippen LogP contribution in [0.3, 0.4) is 0 Å². The molecule has 4 rings (SSSR count). The third-order valence-electron chi connectivity index (χ3n) is 5.71. The second-order valence-corrected chi connectivity index (χ2v) is 9.74. The van der Waals surface area contributed by atoms with E-state index in [1.165, 1.54) is 17.4 Å². The molecule has 1 aliphatic heterocycles. The maximum absolute atomic E-state index is 12.6. The molecule has 0 radical (unpaired) electrons. The molecule has 1 aliphatic rings. The van der Waals surface area contributed by atoms with E-state index < -0.39 is 10.0 Å². The second-order valence-electron chi connectivity index (χ2n) is 7.83. The Kier molecular flexibility index (Phi) is 6.21. The molecule has 0 unspecified atom stereocenters. The minimum atomic E-state index is -3.35. The molecule has 4 nitrogen and oxygen atoms in total. The summed E-state index contributed by atoms with van der Waals surface area (Å²) in [6.07, 6.45) is 5.43. The van der Waals surface area contributed by atoms with Gasteiger partial charge in [-0.15, -0.1) is 0 Å². The van der Waals surface area contributed by atoms with Crippen LogP contribution in [-0.4, -0.2) is 45.8 Å². The molecule has 0 aliphatic carbocycles. The van der Waals surface area contributed by atoms with Crippen molar-refractivity contribution in [3.05, 3.63) is 84.4 Å². The lowest BCUT2D eigenvalue weighted by atomic mass is 9.99. The second kappa shape index (κ2) is 9.02. The van der Waals surface area contributed by atoms with E-state index in [0.717, 1.165) is 48.9 Å². The maximum Gasteiger partial charge on any atom is 0.232 e. The van der Waals surface area contributed by atoms with Crippen LogP contribution in [0.15, 0.2) is 78.9 Å². The highest BCUT2D eigenvalue weighted by molar-refractivity contribution is 7.92. The van der Waals surface area contributed by atoms with E-state index in [2.05, 4.69) is 35.2 Å². The molecule has 156 valence electrons. The number of fused-ring (bicyclic) bond motifs is 1. The van der Waals surface area contributed by atoms with Crippen LogP contribution in [0.2, 0.25) is 0 Å². The zero-order valence-corrected chi connectivity index (χ0v) is 18.2. The van der Waals surface area contributed by atoms with Crippen LogP contribution in [0.4, 0.5) is 5.69 Å². The van der Waals surface area contributed by atoms with Crippen LogP contribution in [-0.2, 0) is 10.0 Å². The average molecular weight is 421 g/mol. The van der Waals surface area contributed by atoms with Crippen LogP contribution in [0.25, 0.3) is 16.3 Å². The van der Waals surface area contributed by atoms with E-state index in [1.54, 1.807) is 4.31 Å². The Morgan fingerprint density at radius 3 is 2.40 bits per heavy atom. The zero-order valence-electron chi connectivity index (χ0n) is 17.4. The number of nitrogens with zero attached hydrogens (tertiary/aromatic N) is 2. The van der Waals surface area contributed by atoms with E-state index in [0.29, 0.717) is 6.54 Å². The van der Waals surface area contributed by atoms with Gasteiger partial charge in [0.25, 0.3) is 0 Å². The summed E-state index contributed by atoms with van der Waals surface area (Å²) in [5.41, 5.74) is 3.47. The minimum absolute atomic E-state index is 0.485. The summed E-state index contributed by atoms with van der Waals surface area (Å²) < 4.78 is 26.7. The van der Waals surface area contributed by atoms with Gasteiger partial charge in [0, 0.05) is 31.6 Å². The van der Waals surface area contributed by atoms with Crippen LogP contribution >= 0.6 is 0 Å². The van der Waals surface area contributed by atoms with Crippen molar-refractivity contribution in [2.45, 2.75) is 12.8 Å². The van der Waals surface area contributed by atoms with E-state index in [9.17, 15) is 8.42 Å². The van der Waals surface area contributed by atoms with Gasteiger partial charge < -0.3 is 0 Å². The van der Waals surface area contributed by atoms with Crippen molar-refractivity contribution in [2.75, 3.05) is 36.7 Å². The smallest absolute Gasteiger partial charge is 0.232 e. The van der Waals surface area contributed by atoms with Crippen molar-refractivity contribution >= 4 is 32.1 Å². The largest absolute Gasteiger partial charge is 0.299 e. The molecule has 1 heterocycles. The Morgan fingerprint density at radius 2 is 1.67 bits per heavy atom. The molecule has 3 aromatic carbocycles. The Balaban J connectivity index is 1.42. The fourth-order valence-electron chi connectivity index (χ4n) is 4.16. The predicted octanol–water partition coefficient (Wildman–Crippen LogP) is 4.79. The molecule has 30 heavy (non-hydrogen) atoms. The summed E-state index contributed by atoms with van der Waals surface area (Å²) in [4.78, 5) is 2.40. The van der Waals surface area contributed by atoms with Gasteiger partial charge in [-0.2, -0.15) is 0 Å². The molecular formula is C25H28N2O2S. The lowest BCUT2D eigenvalue weighted by molar-refractivity contribution is 0.300. The fourth-order valence-corrected chi connectivity index (χ4v) is 5.13. The van der Waals surface area contributed by atoms with E-state index in [-0.39, 0.29) is 0 Å². The summed E-state index contributed by atoms with van der Waals surface area (Å²) in [5, 5.41) is 2.03. The molecule has 0 fully saturated rings. The molecule has 0 saturated heterocycles. The number of hydrogen-bond donors (Lipinski definition) is 0. The quantitative estimate of drug-likeness (QED) is 0.552. The molecule has 0 N–H and O–H groups in total. The van der Waals surface area contributed by atoms with Gasteiger partial charge in [0.05, 0.1) is 11.9 Å². The highest BCUT2D eigenvalue weighted by atomic mass is 32.2. The Bertz CT molecular complexity index is 1130. The van der Waals surface area contributed by atoms with Gasteiger partial charge >= 0.3 is 0 Å². The van der Waals surface area contributed by atoms with Crippen molar-refractivity contribution in [3.8, 4) is 0 Å². The van der Waals surface area contributed by atoms with Gasteiger partial charge in [0.1, 0.15) is 0 Å². The van der Waals surface area contributed by atoms with Gasteiger partial charge in [-0.1, -0.05) is 72.8 Å².